The Morgan fingerprint density at radius 1 is 1.25 bits per heavy atom. The highest BCUT2D eigenvalue weighted by Crippen LogP contribution is 2.27. The summed E-state index contributed by atoms with van der Waals surface area (Å²) < 4.78 is 27.0. The van der Waals surface area contributed by atoms with Crippen molar-refractivity contribution in [2.45, 2.75) is 44.0 Å². The monoisotopic (exact) mass is 296 g/mol. The zero-order valence-corrected chi connectivity index (χ0v) is 12.9. The smallest absolute Gasteiger partial charge is 0.243 e. The molecule has 0 spiro atoms. The minimum absolute atomic E-state index is 0.252. The molecule has 1 fully saturated rings. The molecule has 1 aliphatic rings. The molecule has 0 amide bonds. The van der Waals surface area contributed by atoms with Gasteiger partial charge in [-0.15, -0.1) is 0 Å². The molecular weight excluding hydrogens is 272 g/mol. The standard InChI is InChI=1S/C15H24N2O2S/c1-2-5-13-8-10-17(11-9-13)20(18,19)15-7-4-3-6-14(15)12-16/h3-4,6-7,13H,2,5,8-12,16H2,1H3. The van der Waals surface area contributed by atoms with Crippen molar-refractivity contribution in [1.29, 1.82) is 0 Å². The van der Waals surface area contributed by atoms with E-state index >= 15 is 0 Å². The molecule has 20 heavy (non-hydrogen) atoms. The van der Waals surface area contributed by atoms with Gasteiger partial charge >= 0.3 is 0 Å². The van der Waals surface area contributed by atoms with E-state index in [1.807, 2.05) is 6.07 Å². The van der Waals surface area contributed by atoms with Gasteiger partial charge in [0.15, 0.2) is 0 Å². The SMILES string of the molecule is CCCC1CCN(S(=O)(=O)c2ccccc2CN)CC1. The molecule has 112 valence electrons. The molecule has 0 aliphatic carbocycles. The van der Waals surface area contributed by atoms with Crippen molar-refractivity contribution in [2.75, 3.05) is 13.1 Å². The van der Waals surface area contributed by atoms with Gasteiger partial charge in [0.05, 0.1) is 4.90 Å². The maximum absolute atomic E-state index is 12.7. The van der Waals surface area contributed by atoms with E-state index in [2.05, 4.69) is 6.92 Å². The number of benzene rings is 1. The second-order valence-electron chi connectivity index (χ2n) is 5.45. The average molecular weight is 296 g/mol. The molecule has 0 radical (unpaired) electrons. The predicted octanol–water partition coefficient (Wildman–Crippen LogP) is 2.35. The first-order valence-electron chi connectivity index (χ1n) is 7.37. The Morgan fingerprint density at radius 3 is 2.50 bits per heavy atom. The van der Waals surface area contributed by atoms with Crippen molar-refractivity contribution >= 4 is 10.0 Å². The van der Waals surface area contributed by atoms with Gasteiger partial charge < -0.3 is 5.73 Å². The summed E-state index contributed by atoms with van der Waals surface area (Å²) in [5, 5.41) is 0. The van der Waals surface area contributed by atoms with Crippen LogP contribution in [0.2, 0.25) is 0 Å². The molecule has 0 atom stereocenters. The molecule has 5 heteroatoms. The van der Waals surface area contributed by atoms with Crippen LogP contribution in [-0.4, -0.2) is 25.8 Å². The molecule has 1 heterocycles. The summed E-state index contributed by atoms with van der Waals surface area (Å²) in [6.07, 6.45) is 4.32. The summed E-state index contributed by atoms with van der Waals surface area (Å²) in [7, 11) is -3.39. The van der Waals surface area contributed by atoms with Gasteiger partial charge in [-0.1, -0.05) is 38.0 Å². The average Bonchev–Trinajstić information content (AvgIpc) is 2.48. The van der Waals surface area contributed by atoms with E-state index in [1.54, 1.807) is 22.5 Å². The van der Waals surface area contributed by atoms with Crippen LogP contribution in [0.15, 0.2) is 29.2 Å². The van der Waals surface area contributed by atoms with Gasteiger partial charge in [-0.25, -0.2) is 8.42 Å². The fourth-order valence-corrected chi connectivity index (χ4v) is 4.61. The zero-order chi connectivity index (χ0) is 14.6. The molecule has 2 N–H and O–H groups in total. The first kappa shape index (κ1) is 15.5. The third-order valence-electron chi connectivity index (χ3n) is 4.08. The zero-order valence-electron chi connectivity index (χ0n) is 12.1. The summed E-state index contributed by atoms with van der Waals surface area (Å²) in [6.45, 7) is 3.69. The number of rotatable bonds is 5. The van der Waals surface area contributed by atoms with Crippen LogP contribution in [0.25, 0.3) is 0 Å². The highest BCUT2D eigenvalue weighted by molar-refractivity contribution is 7.89. The fraction of sp³-hybridized carbons (Fsp3) is 0.600. The van der Waals surface area contributed by atoms with Gasteiger partial charge in [0.1, 0.15) is 0 Å². The van der Waals surface area contributed by atoms with Crippen LogP contribution in [0, 0.1) is 5.92 Å². The lowest BCUT2D eigenvalue weighted by Gasteiger charge is -2.31. The van der Waals surface area contributed by atoms with Crippen LogP contribution < -0.4 is 5.73 Å². The molecule has 1 saturated heterocycles. The van der Waals surface area contributed by atoms with Gasteiger partial charge in [-0.2, -0.15) is 4.31 Å². The van der Waals surface area contributed by atoms with Crippen molar-refractivity contribution in [2.24, 2.45) is 11.7 Å². The fourth-order valence-electron chi connectivity index (χ4n) is 2.91. The molecule has 4 nitrogen and oxygen atoms in total. The van der Waals surface area contributed by atoms with E-state index in [4.69, 9.17) is 5.73 Å². The van der Waals surface area contributed by atoms with E-state index in [0.29, 0.717) is 29.5 Å². The van der Waals surface area contributed by atoms with Crippen LogP contribution in [0.4, 0.5) is 0 Å². The Hall–Kier alpha value is -0.910. The third-order valence-corrected chi connectivity index (χ3v) is 6.08. The van der Waals surface area contributed by atoms with E-state index in [1.165, 1.54) is 12.8 Å². The summed E-state index contributed by atoms with van der Waals surface area (Å²) >= 11 is 0. The number of sulfonamides is 1. The van der Waals surface area contributed by atoms with Crippen LogP contribution in [0.1, 0.15) is 38.2 Å². The van der Waals surface area contributed by atoms with E-state index < -0.39 is 10.0 Å². The number of piperidine rings is 1. The molecule has 1 aliphatic heterocycles. The van der Waals surface area contributed by atoms with E-state index in [-0.39, 0.29) is 6.54 Å². The topological polar surface area (TPSA) is 63.4 Å². The molecule has 0 aromatic heterocycles. The lowest BCUT2D eigenvalue weighted by atomic mass is 9.94. The first-order valence-corrected chi connectivity index (χ1v) is 8.81. The number of hydrogen-bond acceptors (Lipinski definition) is 3. The van der Waals surface area contributed by atoms with Gasteiger partial charge in [0, 0.05) is 19.6 Å². The maximum Gasteiger partial charge on any atom is 0.243 e. The number of nitrogens with zero attached hydrogens (tertiary/aromatic N) is 1. The molecule has 0 bridgehead atoms. The van der Waals surface area contributed by atoms with E-state index in [9.17, 15) is 8.42 Å². The Balaban J connectivity index is 2.16. The summed E-state index contributed by atoms with van der Waals surface area (Å²) in [5.41, 5.74) is 6.35. The molecule has 1 aromatic rings. The second kappa shape index (κ2) is 6.70. The largest absolute Gasteiger partial charge is 0.326 e. The number of nitrogens with two attached hydrogens (primary N) is 1. The van der Waals surface area contributed by atoms with Crippen LogP contribution in [0.5, 0.6) is 0 Å². The van der Waals surface area contributed by atoms with Crippen molar-refractivity contribution < 1.29 is 8.42 Å². The van der Waals surface area contributed by atoms with E-state index in [0.717, 1.165) is 12.8 Å². The normalized spacial score (nSPS) is 18.3. The highest BCUT2D eigenvalue weighted by Gasteiger charge is 2.30. The highest BCUT2D eigenvalue weighted by atomic mass is 32.2. The summed E-state index contributed by atoms with van der Waals surface area (Å²) in [5.74, 6) is 0.677. The van der Waals surface area contributed by atoms with Gasteiger partial charge in [-0.3, -0.25) is 0 Å². The van der Waals surface area contributed by atoms with Gasteiger partial charge in [0.25, 0.3) is 0 Å². The Kier molecular flexibility index (Phi) is 5.18. The molecule has 0 unspecified atom stereocenters. The van der Waals surface area contributed by atoms with Crippen LogP contribution in [0.3, 0.4) is 0 Å². The first-order chi connectivity index (χ1) is 9.59. The molecule has 1 aromatic carbocycles. The van der Waals surface area contributed by atoms with Crippen molar-refractivity contribution in [3.63, 3.8) is 0 Å². The Labute approximate surface area is 122 Å². The number of hydrogen-bond donors (Lipinski definition) is 1. The lowest BCUT2D eigenvalue weighted by Crippen LogP contribution is -2.38. The summed E-state index contributed by atoms with van der Waals surface area (Å²) in [6, 6.07) is 7.04. The Bertz CT molecular complexity index is 535. The minimum Gasteiger partial charge on any atom is -0.326 e. The third kappa shape index (κ3) is 3.22. The molecule has 2 rings (SSSR count). The van der Waals surface area contributed by atoms with Crippen molar-refractivity contribution in [3.8, 4) is 0 Å². The quantitative estimate of drug-likeness (QED) is 0.907. The minimum atomic E-state index is -3.39. The van der Waals surface area contributed by atoms with Crippen molar-refractivity contribution in [1.82, 2.24) is 4.31 Å². The van der Waals surface area contributed by atoms with Crippen LogP contribution >= 0.6 is 0 Å². The molecular formula is C15H24N2O2S. The second-order valence-corrected chi connectivity index (χ2v) is 7.35. The Morgan fingerprint density at radius 2 is 1.90 bits per heavy atom. The van der Waals surface area contributed by atoms with Gasteiger partial charge in [0.2, 0.25) is 10.0 Å². The van der Waals surface area contributed by atoms with Crippen molar-refractivity contribution in [3.05, 3.63) is 29.8 Å². The van der Waals surface area contributed by atoms with Crippen LogP contribution in [-0.2, 0) is 16.6 Å². The summed E-state index contributed by atoms with van der Waals surface area (Å²) in [4.78, 5) is 0.372. The molecule has 0 saturated carbocycles. The predicted molar refractivity (Wildman–Crippen MR) is 80.7 cm³/mol. The maximum atomic E-state index is 12.7. The van der Waals surface area contributed by atoms with Gasteiger partial charge in [-0.05, 0) is 30.4 Å². The lowest BCUT2D eigenvalue weighted by molar-refractivity contribution is 0.262.